The minimum Gasteiger partial charge on any atom is -0.337 e. The molecule has 33 heavy (non-hydrogen) atoms. The van der Waals surface area contributed by atoms with Crippen LogP contribution in [0.2, 0.25) is 0 Å². The Morgan fingerprint density at radius 1 is 1.12 bits per heavy atom. The number of likely N-dealkylation sites (tertiary alicyclic amines) is 1. The summed E-state index contributed by atoms with van der Waals surface area (Å²) in [5.74, 6) is 0.812. The van der Waals surface area contributed by atoms with Gasteiger partial charge in [0.05, 0.1) is 22.5 Å². The molecule has 3 aliphatic heterocycles. The number of fused-ring (bicyclic) bond motifs is 4. The molecule has 4 heterocycles. The molecule has 3 fully saturated rings. The van der Waals surface area contributed by atoms with Gasteiger partial charge in [-0.1, -0.05) is 6.08 Å². The molecule has 8 nitrogen and oxygen atoms in total. The number of imidazole rings is 1. The van der Waals surface area contributed by atoms with Crippen LogP contribution in [0.15, 0.2) is 39.5 Å². The summed E-state index contributed by atoms with van der Waals surface area (Å²) in [6, 6.07) is 5.50. The van der Waals surface area contributed by atoms with Gasteiger partial charge in [0.2, 0.25) is 5.91 Å². The maximum Gasteiger partial charge on any atom is 0.326 e. The SMILES string of the molecule is CS(=O)(=O)c1ccc2c(c1)[nH]c(=O)n2C1CC2CCC(C1)N2CC(=O)N1CC2=CCCC2C1. The van der Waals surface area contributed by atoms with Crippen LogP contribution in [-0.2, 0) is 14.6 Å². The van der Waals surface area contributed by atoms with Crippen molar-refractivity contribution in [1.29, 1.82) is 0 Å². The van der Waals surface area contributed by atoms with Gasteiger partial charge in [0.1, 0.15) is 0 Å². The van der Waals surface area contributed by atoms with Crippen LogP contribution in [0.1, 0.15) is 44.6 Å². The van der Waals surface area contributed by atoms with Gasteiger partial charge in [0, 0.05) is 37.5 Å². The lowest BCUT2D eigenvalue weighted by molar-refractivity contribution is -0.132. The van der Waals surface area contributed by atoms with E-state index in [1.54, 1.807) is 22.8 Å². The molecule has 1 aromatic heterocycles. The highest BCUT2D eigenvalue weighted by molar-refractivity contribution is 7.90. The maximum absolute atomic E-state index is 13.1. The molecule has 0 spiro atoms. The van der Waals surface area contributed by atoms with Crippen molar-refractivity contribution in [3.05, 3.63) is 40.3 Å². The number of H-pyrrole nitrogens is 1. The zero-order valence-corrected chi connectivity index (χ0v) is 19.7. The van der Waals surface area contributed by atoms with E-state index in [0.29, 0.717) is 30.1 Å². The first-order chi connectivity index (χ1) is 15.8. The van der Waals surface area contributed by atoms with Crippen LogP contribution in [0.4, 0.5) is 0 Å². The lowest BCUT2D eigenvalue weighted by Gasteiger charge is -2.39. The summed E-state index contributed by atoms with van der Waals surface area (Å²) in [5.41, 5.74) is 2.56. The van der Waals surface area contributed by atoms with Crippen LogP contribution in [-0.4, -0.2) is 71.6 Å². The first-order valence-corrected chi connectivity index (χ1v) is 13.8. The molecule has 1 N–H and O–H groups in total. The van der Waals surface area contributed by atoms with Gasteiger partial charge >= 0.3 is 5.69 Å². The van der Waals surface area contributed by atoms with Crippen molar-refractivity contribution >= 4 is 26.8 Å². The van der Waals surface area contributed by atoms with Crippen LogP contribution in [0.3, 0.4) is 0 Å². The molecular formula is C24H30N4O4S. The monoisotopic (exact) mass is 470 g/mol. The summed E-state index contributed by atoms with van der Waals surface area (Å²) in [4.78, 5) is 33.4. The van der Waals surface area contributed by atoms with Crippen molar-refractivity contribution in [2.45, 2.75) is 61.5 Å². The standard InChI is InChI=1S/C24H30N4O4S/c1-33(31,32)20-7-8-22-21(11-20)25-24(30)28(22)19-9-17-5-6-18(10-19)27(17)14-23(29)26-12-15-3-2-4-16(15)13-26/h3,7-8,11,16-19H,2,4-6,9-10,12-14H2,1H3,(H,25,30). The number of sulfone groups is 1. The van der Waals surface area contributed by atoms with Crippen LogP contribution >= 0.6 is 0 Å². The molecule has 6 rings (SSSR count). The first-order valence-electron chi connectivity index (χ1n) is 11.9. The highest BCUT2D eigenvalue weighted by atomic mass is 32.2. The summed E-state index contributed by atoms with van der Waals surface area (Å²) in [5, 5.41) is 0. The van der Waals surface area contributed by atoms with E-state index >= 15 is 0 Å². The van der Waals surface area contributed by atoms with Gasteiger partial charge in [0.25, 0.3) is 0 Å². The first kappa shape index (κ1) is 21.2. The molecular weight excluding hydrogens is 440 g/mol. The van der Waals surface area contributed by atoms with Gasteiger partial charge in [-0.25, -0.2) is 13.2 Å². The van der Waals surface area contributed by atoms with Crippen LogP contribution < -0.4 is 5.69 Å². The minimum absolute atomic E-state index is 0.0514. The lowest BCUT2D eigenvalue weighted by Crippen LogP contribution is -2.49. The predicted octanol–water partition coefficient (Wildman–Crippen LogP) is 2.08. The Morgan fingerprint density at radius 3 is 2.58 bits per heavy atom. The zero-order chi connectivity index (χ0) is 22.9. The zero-order valence-electron chi connectivity index (χ0n) is 18.9. The minimum atomic E-state index is -3.34. The lowest BCUT2D eigenvalue weighted by atomic mass is 9.96. The van der Waals surface area contributed by atoms with E-state index in [2.05, 4.69) is 16.0 Å². The van der Waals surface area contributed by atoms with Gasteiger partial charge in [-0.3, -0.25) is 14.3 Å². The van der Waals surface area contributed by atoms with Crippen molar-refractivity contribution in [2.75, 3.05) is 25.9 Å². The summed E-state index contributed by atoms with van der Waals surface area (Å²) < 4.78 is 25.6. The highest BCUT2D eigenvalue weighted by Gasteiger charge is 2.43. The average Bonchev–Trinajstić information content (AvgIpc) is 3.48. The van der Waals surface area contributed by atoms with E-state index in [9.17, 15) is 18.0 Å². The molecule has 1 aromatic carbocycles. The number of aromatic nitrogens is 2. The molecule has 3 saturated heterocycles. The Balaban J connectivity index is 1.20. The number of carbonyl (C=O) groups excluding carboxylic acids is 1. The molecule has 4 aliphatic rings. The Kier molecular flexibility index (Phi) is 4.85. The Hall–Kier alpha value is -2.39. The second-order valence-corrected chi connectivity index (χ2v) is 12.3. The second-order valence-electron chi connectivity index (χ2n) is 10.3. The Bertz CT molecular complexity index is 1310. The van der Waals surface area contributed by atoms with Gasteiger partial charge in [-0.15, -0.1) is 0 Å². The van der Waals surface area contributed by atoms with E-state index in [-0.39, 0.29) is 22.5 Å². The number of nitrogens with one attached hydrogen (secondary N) is 1. The van der Waals surface area contributed by atoms with Crippen molar-refractivity contribution in [3.8, 4) is 0 Å². The summed E-state index contributed by atoms with van der Waals surface area (Å²) in [7, 11) is -3.34. The molecule has 2 bridgehead atoms. The molecule has 1 amide bonds. The molecule has 176 valence electrons. The van der Waals surface area contributed by atoms with E-state index in [4.69, 9.17) is 0 Å². The van der Waals surface area contributed by atoms with Crippen molar-refractivity contribution < 1.29 is 13.2 Å². The van der Waals surface area contributed by atoms with Gasteiger partial charge < -0.3 is 9.88 Å². The smallest absolute Gasteiger partial charge is 0.326 e. The number of piperidine rings is 1. The largest absolute Gasteiger partial charge is 0.337 e. The molecule has 2 aromatic rings. The fraction of sp³-hybridized carbons (Fsp3) is 0.583. The van der Waals surface area contributed by atoms with E-state index in [1.165, 1.54) is 18.2 Å². The molecule has 0 saturated carbocycles. The molecule has 9 heteroatoms. The third kappa shape index (κ3) is 3.56. The number of carbonyl (C=O) groups is 1. The molecule has 1 aliphatic carbocycles. The second kappa shape index (κ2) is 7.56. The van der Waals surface area contributed by atoms with E-state index < -0.39 is 9.84 Å². The quantitative estimate of drug-likeness (QED) is 0.691. The van der Waals surface area contributed by atoms with Crippen molar-refractivity contribution in [3.63, 3.8) is 0 Å². The van der Waals surface area contributed by atoms with Crippen molar-refractivity contribution in [1.82, 2.24) is 19.4 Å². The summed E-state index contributed by atoms with van der Waals surface area (Å²) in [6.45, 7) is 2.15. The van der Waals surface area contributed by atoms with Crippen LogP contribution in [0, 0.1) is 5.92 Å². The highest BCUT2D eigenvalue weighted by Crippen LogP contribution is 2.41. The van der Waals surface area contributed by atoms with Crippen molar-refractivity contribution in [2.24, 2.45) is 5.92 Å². The molecule has 3 atom stereocenters. The predicted molar refractivity (Wildman–Crippen MR) is 125 cm³/mol. The van der Waals surface area contributed by atoms with E-state index in [0.717, 1.165) is 50.7 Å². The van der Waals surface area contributed by atoms with Gasteiger partial charge in [-0.2, -0.15) is 0 Å². The maximum atomic E-state index is 13.1. The number of aromatic amines is 1. The van der Waals surface area contributed by atoms with Gasteiger partial charge in [0.15, 0.2) is 9.84 Å². The molecule has 0 radical (unpaired) electrons. The van der Waals surface area contributed by atoms with Gasteiger partial charge in [-0.05, 0) is 68.2 Å². The number of hydrogen-bond acceptors (Lipinski definition) is 5. The normalized spacial score (nSPS) is 29.6. The van der Waals surface area contributed by atoms with E-state index in [1.807, 2.05) is 4.90 Å². The third-order valence-corrected chi connectivity index (χ3v) is 9.38. The Morgan fingerprint density at radius 2 is 1.88 bits per heavy atom. The third-order valence-electron chi connectivity index (χ3n) is 8.27. The fourth-order valence-electron chi connectivity index (χ4n) is 6.64. The topological polar surface area (TPSA) is 95.5 Å². The number of nitrogens with zero attached hydrogens (tertiary/aromatic N) is 3. The summed E-state index contributed by atoms with van der Waals surface area (Å²) in [6.07, 6.45) is 9.59. The number of benzene rings is 1. The van der Waals surface area contributed by atoms with Crippen LogP contribution in [0.5, 0.6) is 0 Å². The van der Waals surface area contributed by atoms with Crippen LogP contribution in [0.25, 0.3) is 11.0 Å². The number of allylic oxidation sites excluding steroid dienone is 1. The number of rotatable bonds is 4. The fourth-order valence-corrected chi connectivity index (χ4v) is 7.29. The average molecular weight is 471 g/mol. The Labute approximate surface area is 193 Å². The number of amides is 1. The molecule has 3 unspecified atom stereocenters. The number of hydrogen-bond donors (Lipinski definition) is 1. The summed E-state index contributed by atoms with van der Waals surface area (Å²) >= 11 is 0.